The van der Waals surface area contributed by atoms with Crippen molar-refractivity contribution in [2.75, 3.05) is 18.4 Å². The minimum Gasteiger partial charge on any atom is -0.370 e. The van der Waals surface area contributed by atoms with Crippen LogP contribution in [0.3, 0.4) is 0 Å². The number of rotatable bonds is 4. The van der Waals surface area contributed by atoms with Crippen LogP contribution in [0.15, 0.2) is 17.2 Å². The summed E-state index contributed by atoms with van der Waals surface area (Å²) in [5.41, 5.74) is 5.55. The zero-order valence-corrected chi connectivity index (χ0v) is 9.98. The maximum absolute atomic E-state index is 11.1. The molecule has 1 fully saturated rings. The van der Waals surface area contributed by atoms with Gasteiger partial charge in [0.05, 0.1) is 6.33 Å². The van der Waals surface area contributed by atoms with E-state index in [1.165, 1.54) is 38.1 Å². The predicted molar refractivity (Wildman–Crippen MR) is 67.8 cm³/mol. The van der Waals surface area contributed by atoms with Gasteiger partial charge in [-0.3, -0.25) is 4.79 Å². The molecule has 4 N–H and O–H groups in total. The maximum Gasteiger partial charge on any atom is 0.252 e. The standard InChI is InChI=1S/C12H20N4O/c13-6-9-1-3-10(4-2-9)7-14-11-5-12(17)16-8-15-11/h5,8-10H,1-4,6-7,13H2,(H2,14,15,16,17). The summed E-state index contributed by atoms with van der Waals surface area (Å²) < 4.78 is 0. The summed E-state index contributed by atoms with van der Waals surface area (Å²) in [6, 6.07) is 1.49. The van der Waals surface area contributed by atoms with Crippen molar-refractivity contribution < 1.29 is 0 Å². The van der Waals surface area contributed by atoms with Crippen molar-refractivity contribution in [2.24, 2.45) is 17.6 Å². The van der Waals surface area contributed by atoms with E-state index in [1.807, 2.05) is 0 Å². The van der Waals surface area contributed by atoms with Crippen molar-refractivity contribution in [3.05, 3.63) is 22.7 Å². The van der Waals surface area contributed by atoms with Crippen LogP contribution in [0.2, 0.25) is 0 Å². The lowest BCUT2D eigenvalue weighted by molar-refractivity contribution is 0.289. The number of anilines is 1. The Kier molecular flexibility index (Phi) is 4.14. The molecular formula is C12H20N4O. The lowest BCUT2D eigenvalue weighted by Crippen LogP contribution is -2.25. The summed E-state index contributed by atoms with van der Waals surface area (Å²) >= 11 is 0. The molecule has 94 valence electrons. The Hall–Kier alpha value is -1.36. The first-order valence-electron chi connectivity index (χ1n) is 6.26. The van der Waals surface area contributed by atoms with Crippen LogP contribution in [-0.4, -0.2) is 23.1 Å². The van der Waals surface area contributed by atoms with Crippen LogP contribution in [0.1, 0.15) is 25.7 Å². The van der Waals surface area contributed by atoms with Crippen LogP contribution in [-0.2, 0) is 0 Å². The molecule has 0 unspecified atom stereocenters. The van der Waals surface area contributed by atoms with Gasteiger partial charge in [0.1, 0.15) is 5.82 Å². The van der Waals surface area contributed by atoms with Crippen molar-refractivity contribution in [3.63, 3.8) is 0 Å². The van der Waals surface area contributed by atoms with Crippen molar-refractivity contribution in [1.82, 2.24) is 9.97 Å². The first-order chi connectivity index (χ1) is 8.28. The molecule has 17 heavy (non-hydrogen) atoms. The Morgan fingerprint density at radius 2 is 2.06 bits per heavy atom. The minimum absolute atomic E-state index is 0.116. The third kappa shape index (κ3) is 3.56. The monoisotopic (exact) mass is 236 g/mol. The number of hydrogen-bond donors (Lipinski definition) is 3. The van der Waals surface area contributed by atoms with E-state index < -0.39 is 0 Å². The summed E-state index contributed by atoms with van der Waals surface area (Å²) in [5.74, 6) is 2.05. The number of hydrogen-bond acceptors (Lipinski definition) is 4. The van der Waals surface area contributed by atoms with E-state index >= 15 is 0 Å². The van der Waals surface area contributed by atoms with E-state index in [0.29, 0.717) is 17.7 Å². The summed E-state index contributed by atoms with van der Waals surface area (Å²) in [6.45, 7) is 1.71. The summed E-state index contributed by atoms with van der Waals surface area (Å²) in [4.78, 5) is 17.6. The van der Waals surface area contributed by atoms with E-state index in [1.54, 1.807) is 0 Å². The van der Waals surface area contributed by atoms with Gasteiger partial charge in [-0.05, 0) is 44.1 Å². The molecule has 1 saturated carbocycles. The van der Waals surface area contributed by atoms with Crippen molar-refractivity contribution in [2.45, 2.75) is 25.7 Å². The van der Waals surface area contributed by atoms with Gasteiger partial charge in [0, 0.05) is 12.6 Å². The molecule has 0 bridgehead atoms. The molecule has 0 radical (unpaired) electrons. The smallest absolute Gasteiger partial charge is 0.252 e. The number of aromatic amines is 1. The van der Waals surface area contributed by atoms with Gasteiger partial charge in [0.15, 0.2) is 0 Å². The molecule has 0 aliphatic heterocycles. The Morgan fingerprint density at radius 3 is 2.71 bits per heavy atom. The topological polar surface area (TPSA) is 83.8 Å². The molecule has 0 aromatic carbocycles. The molecule has 0 spiro atoms. The lowest BCUT2D eigenvalue weighted by Gasteiger charge is -2.27. The average molecular weight is 236 g/mol. The molecule has 1 aromatic rings. The van der Waals surface area contributed by atoms with Crippen molar-refractivity contribution in [1.29, 1.82) is 0 Å². The highest BCUT2D eigenvalue weighted by molar-refractivity contribution is 5.31. The zero-order chi connectivity index (χ0) is 12.1. The molecule has 5 heteroatoms. The first kappa shape index (κ1) is 12.1. The van der Waals surface area contributed by atoms with Gasteiger partial charge in [-0.15, -0.1) is 0 Å². The zero-order valence-electron chi connectivity index (χ0n) is 9.98. The Morgan fingerprint density at radius 1 is 1.35 bits per heavy atom. The van der Waals surface area contributed by atoms with Gasteiger partial charge in [-0.2, -0.15) is 0 Å². The molecule has 1 aliphatic carbocycles. The van der Waals surface area contributed by atoms with Crippen LogP contribution in [0.5, 0.6) is 0 Å². The van der Waals surface area contributed by atoms with Crippen LogP contribution >= 0.6 is 0 Å². The molecule has 2 rings (SSSR count). The fourth-order valence-corrected chi connectivity index (χ4v) is 2.39. The minimum atomic E-state index is -0.116. The molecule has 1 aliphatic rings. The molecule has 1 heterocycles. The van der Waals surface area contributed by atoms with Crippen LogP contribution in [0.4, 0.5) is 5.82 Å². The first-order valence-corrected chi connectivity index (χ1v) is 6.26. The van der Waals surface area contributed by atoms with E-state index in [0.717, 1.165) is 13.1 Å². The highest BCUT2D eigenvalue weighted by atomic mass is 16.1. The van der Waals surface area contributed by atoms with Crippen molar-refractivity contribution in [3.8, 4) is 0 Å². The second-order valence-electron chi connectivity index (χ2n) is 4.80. The molecule has 0 saturated heterocycles. The second-order valence-corrected chi connectivity index (χ2v) is 4.80. The van der Waals surface area contributed by atoms with Gasteiger partial charge in [0.25, 0.3) is 5.56 Å². The summed E-state index contributed by atoms with van der Waals surface area (Å²) in [7, 11) is 0. The number of aromatic nitrogens is 2. The number of H-pyrrole nitrogens is 1. The number of nitrogens with zero attached hydrogens (tertiary/aromatic N) is 1. The summed E-state index contributed by atoms with van der Waals surface area (Å²) in [5, 5.41) is 3.23. The fraction of sp³-hybridized carbons (Fsp3) is 0.667. The molecule has 0 amide bonds. The van der Waals surface area contributed by atoms with Gasteiger partial charge >= 0.3 is 0 Å². The van der Waals surface area contributed by atoms with E-state index in [4.69, 9.17) is 5.73 Å². The molecule has 1 aromatic heterocycles. The Labute approximate surface area is 101 Å². The van der Waals surface area contributed by atoms with E-state index in [-0.39, 0.29) is 5.56 Å². The van der Waals surface area contributed by atoms with Gasteiger partial charge in [0.2, 0.25) is 0 Å². The highest BCUT2D eigenvalue weighted by Crippen LogP contribution is 2.27. The van der Waals surface area contributed by atoms with Crippen LogP contribution < -0.4 is 16.6 Å². The maximum atomic E-state index is 11.1. The second kappa shape index (κ2) is 5.82. The molecule has 0 atom stereocenters. The lowest BCUT2D eigenvalue weighted by atomic mass is 9.82. The third-order valence-corrected chi connectivity index (χ3v) is 3.55. The van der Waals surface area contributed by atoms with E-state index in [9.17, 15) is 4.79 Å². The van der Waals surface area contributed by atoms with Crippen LogP contribution in [0, 0.1) is 11.8 Å². The normalized spacial score (nSPS) is 24.5. The number of nitrogens with one attached hydrogen (secondary N) is 2. The quantitative estimate of drug-likeness (QED) is 0.726. The largest absolute Gasteiger partial charge is 0.370 e. The van der Waals surface area contributed by atoms with Gasteiger partial charge in [-0.1, -0.05) is 0 Å². The highest BCUT2D eigenvalue weighted by Gasteiger charge is 2.19. The predicted octanol–water partition coefficient (Wildman–Crippen LogP) is 0.947. The summed E-state index contributed by atoms with van der Waals surface area (Å²) in [6.07, 6.45) is 6.32. The van der Waals surface area contributed by atoms with E-state index in [2.05, 4.69) is 15.3 Å². The van der Waals surface area contributed by atoms with Crippen LogP contribution in [0.25, 0.3) is 0 Å². The SMILES string of the molecule is NCC1CCC(CNc2cc(=O)[nH]cn2)CC1. The molecule has 5 nitrogen and oxygen atoms in total. The number of nitrogens with two attached hydrogens (primary N) is 1. The molecular weight excluding hydrogens is 216 g/mol. The van der Waals surface area contributed by atoms with Gasteiger partial charge in [-0.25, -0.2) is 4.98 Å². The van der Waals surface area contributed by atoms with Gasteiger partial charge < -0.3 is 16.0 Å². The average Bonchev–Trinajstić information content (AvgIpc) is 2.37. The Balaban J connectivity index is 1.78. The Bertz CT molecular complexity index is 395. The fourth-order valence-electron chi connectivity index (χ4n) is 2.39. The van der Waals surface area contributed by atoms with Crippen molar-refractivity contribution >= 4 is 5.82 Å². The third-order valence-electron chi connectivity index (χ3n) is 3.55.